The minimum absolute atomic E-state index is 0. The molecule has 1 N–H and O–H groups in total. The van der Waals surface area contributed by atoms with Crippen molar-refractivity contribution in [3.63, 3.8) is 0 Å². The number of carboxylic acid groups (broad SMARTS) is 1. The standard InChI is InChI=1S/C4H8O2.2C3H6O.Zr/c1-2-3-4(5)6;2*1-3(2)4;/h2-3H2,1H3,(H,5,6);2*1-2H3;. The maximum absolute atomic E-state index is 9.60. The maximum atomic E-state index is 9.60. The summed E-state index contributed by atoms with van der Waals surface area (Å²) in [6, 6.07) is 0. The van der Waals surface area contributed by atoms with E-state index in [1.807, 2.05) is 6.92 Å². The fraction of sp³-hybridized carbons (Fsp3) is 0.700. The molecule has 0 saturated carbocycles. The van der Waals surface area contributed by atoms with Crippen molar-refractivity contribution in [1.82, 2.24) is 0 Å². The topological polar surface area (TPSA) is 71.4 Å². The Labute approximate surface area is 111 Å². The second-order valence-corrected chi connectivity index (χ2v) is 2.96. The molecule has 0 aliphatic heterocycles. The molecule has 0 unspecified atom stereocenters. The molecule has 0 heterocycles. The molecule has 0 radical (unpaired) electrons. The normalized spacial score (nSPS) is 6.73. The summed E-state index contributed by atoms with van der Waals surface area (Å²) in [6.45, 7) is 7.95. The van der Waals surface area contributed by atoms with E-state index in [2.05, 4.69) is 0 Å². The fourth-order valence-corrected chi connectivity index (χ4v) is 0.214. The first kappa shape index (κ1) is 24.1. The van der Waals surface area contributed by atoms with Gasteiger partial charge in [-0.1, -0.05) is 6.92 Å². The van der Waals surface area contributed by atoms with Gasteiger partial charge >= 0.3 is 5.97 Å². The van der Waals surface area contributed by atoms with Gasteiger partial charge in [0.05, 0.1) is 0 Å². The number of hydrogen-bond donors (Lipinski definition) is 1. The van der Waals surface area contributed by atoms with Crippen molar-refractivity contribution in [2.24, 2.45) is 0 Å². The van der Waals surface area contributed by atoms with Gasteiger partial charge < -0.3 is 14.7 Å². The minimum atomic E-state index is -0.711. The SMILES string of the molecule is CC(C)=O.CC(C)=O.CCCC(=O)O.[Zr]. The molecule has 88 valence electrons. The van der Waals surface area contributed by atoms with Gasteiger partial charge in [-0.2, -0.15) is 0 Å². The molecule has 0 aliphatic carbocycles. The number of carbonyl (C=O) groups is 3. The van der Waals surface area contributed by atoms with Gasteiger partial charge in [0.25, 0.3) is 0 Å². The summed E-state index contributed by atoms with van der Waals surface area (Å²) < 4.78 is 0. The average Bonchev–Trinajstić information content (AvgIpc) is 1.82. The Morgan fingerprint density at radius 1 is 0.933 bits per heavy atom. The maximum Gasteiger partial charge on any atom is 0.303 e. The van der Waals surface area contributed by atoms with Crippen LogP contribution < -0.4 is 0 Å². The average molecular weight is 295 g/mol. The van der Waals surface area contributed by atoms with Crippen molar-refractivity contribution in [2.45, 2.75) is 47.5 Å². The molecule has 0 aromatic rings. The molecule has 0 atom stereocenters. The number of aliphatic carboxylic acids is 1. The van der Waals surface area contributed by atoms with E-state index < -0.39 is 5.97 Å². The molecule has 0 fully saturated rings. The van der Waals surface area contributed by atoms with Crippen molar-refractivity contribution < 1.29 is 45.7 Å². The number of hydrogen-bond acceptors (Lipinski definition) is 3. The van der Waals surface area contributed by atoms with Gasteiger partial charge in [-0.25, -0.2) is 0 Å². The van der Waals surface area contributed by atoms with Gasteiger partial charge in [-0.05, 0) is 34.1 Å². The van der Waals surface area contributed by atoms with Crippen LogP contribution >= 0.6 is 0 Å². The first-order valence-electron chi connectivity index (χ1n) is 4.40. The zero-order valence-electron chi connectivity index (χ0n) is 10.1. The van der Waals surface area contributed by atoms with Crippen LogP contribution in [0.15, 0.2) is 0 Å². The fourth-order valence-electron chi connectivity index (χ4n) is 0.214. The van der Waals surface area contributed by atoms with Crippen molar-refractivity contribution in [1.29, 1.82) is 0 Å². The predicted octanol–water partition coefficient (Wildman–Crippen LogP) is 2.06. The molecule has 0 aromatic carbocycles. The van der Waals surface area contributed by atoms with E-state index in [1.165, 1.54) is 27.7 Å². The number of carbonyl (C=O) groups excluding carboxylic acids is 2. The summed E-state index contributed by atoms with van der Waals surface area (Å²) in [5.74, 6) is -0.377. The molecule has 0 spiro atoms. The monoisotopic (exact) mass is 294 g/mol. The smallest absolute Gasteiger partial charge is 0.303 e. The molecule has 0 saturated heterocycles. The molecule has 0 amide bonds. The third-order valence-corrected chi connectivity index (χ3v) is 0.464. The second-order valence-electron chi connectivity index (χ2n) is 2.96. The van der Waals surface area contributed by atoms with E-state index in [4.69, 9.17) is 5.11 Å². The molecule has 5 heteroatoms. The van der Waals surface area contributed by atoms with Crippen LogP contribution in [0.2, 0.25) is 0 Å². The van der Waals surface area contributed by atoms with Crippen LogP contribution in [0.1, 0.15) is 47.5 Å². The predicted molar refractivity (Wildman–Crippen MR) is 55.3 cm³/mol. The Kier molecular flexibility index (Phi) is 31.0. The number of Topliss-reactive ketones (excluding diaryl/α,β-unsaturated/α-hetero) is 2. The first-order valence-corrected chi connectivity index (χ1v) is 4.40. The zero-order valence-corrected chi connectivity index (χ0v) is 12.5. The van der Waals surface area contributed by atoms with Crippen molar-refractivity contribution >= 4 is 17.5 Å². The molecule has 15 heavy (non-hydrogen) atoms. The summed E-state index contributed by atoms with van der Waals surface area (Å²) in [7, 11) is 0. The van der Waals surface area contributed by atoms with Crippen LogP contribution in [0.3, 0.4) is 0 Å². The van der Waals surface area contributed by atoms with Gasteiger partial charge in [-0.15, -0.1) is 0 Å². The van der Waals surface area contributed by atoms with E-state index in [9.17, 15) is 14.4 Å². The minimum Gasteiger partial charge on any atom is -0.481 e. The Bertz CT molecular complexity index is 158. The largest absolute Gasteiger partial charge is 0.481 e. The van der Waals surface area contributed by atoms with E-state index in [0.29, 0.717) is 6.42 Å². The van der Waals surface area contributed by atoms with Crippen LogP contribution in [0.5, 0.6) is 0 Å². The summed E-state index contributed by atoms with van der Waals surface area (Å²) in [4.78, 5) is 28.5. The van der Waals surface area contributed by atoms with E-state index >= 15 is 0 Å². The van der Waals surface area contributed by atoms with E-state index in [0.717, 1.165) is 6.42 Å². The van der Waals surface area contributed by atoms with Crippen molar-refractivity contribution in [3.8, 4) is 0 Å². The van der Waals surface area contributed by atoms with E-state index in [1.54, 1.807) is 0 Å². The van der Waals surface area contributed by atoms with Crippen LogP contribution in [0.4, 0.5) is 0 Å². The van der Waals surface area contributed by atoms with Gasteiger partial charge in [0.15, 0.2) is 0 Å². The molecule has 0 rings (SSSR count). The summed E-state index contributed by atoms with van der Waals surface area (Å²) in [5.41, 5.74) is 0. The van der Waals surface area contributed by atoms with Crippen LogP contribution in [-0.2, 0) is 40.6 Å². The first-order chi connectivity index (χ1) is 6.23. The van der Waals surface area contributed by atoms with Crippen LogP contribution in [0, 0.1) is 0 Å². The van der Waals surface area contributed by atoms with Crippen molar-refractivity contribution in [2.75, 3.05) is 0 Å². The third kappa shape index (κ3) is 258. The van der Waals surface area contributed by atoms with Crippen LogP contribution in [0.25, 0.3) is 0 Å². The summed E-state index contributed by atoms with van der Waals surface area (Å²) >= 11 is 0. The van der Waals surface area contributed by atoms with Gasteiger partial charge in [0, 0.05) is 32.6 Å². The Hall–Kier alpha value is -0.307. The van der Waals surface area contributed by atoms with Gasteiger partial charge in [0.2, 0.25) is 0 Å². The van der Waals surface area contributed by atoms with Crippen LogP contribution in [-0.4, -0.2) is 22.6 Å². The number of rotatable bonds is 2. The van der Waals surface area contributed by atoms with Gasteiger partial charge in [0.1, 0.15) is 11.6 Å². The Morgan fingerprint density at radius 3 is 1.13 bits per heavy atom. The molecule has 0 aliphatic rings. The number of carboxylic acids is 1. The summed E-state index contributed by atoms with van der Waals surface area (Å²) in [5, 5.41) is 7.91. The Balaban J connectivity index is -0.0000000606. The number of ketones is 2. The Morgan fingerprint density at radius 2 is 1.13 bits per heavy atom. The van der Waals surface area contributed by atoms with E-state index in [-0.39, 0.29) is 37.8 Å². The zero-order chi connectivity index (χ0) is 12.1. The molecule has 0 aromatic heterocycles. The summed E-state index contributed by atoms with van der Waals surface area (Å²) in [6.07, 6.45) is 1.02. The van der Waals surface area contributed by atoms with Gasteiger partial charge in [-0.3, -0.25) is 4.79 Å². The van der Waals surface area contributed by atoms with Crippen molar-refractivity contribution in [3.05, 3.63) is 0 Å². The molecular formula is C10H20O4Zr. The third-order valence-electron chi connectivity index (χ3n) is 0.464. The molecule has 4 nitrogen and oxygen atoms in total. The molecular weight excluding hydrogens is 275 g/mol. The quantitative estimate of drug-likeness (QED) is 0.846. The molecule has 0 bridgehead atoms. The second kappa shape index (κ2) is 19.3.